The van der Waals surface area contributed by atoms with Gasteiger partial charge in [0, 0.05) is 4.47 Å². The van der Waals surface area contributed by atoms with Crippen molar-refractivity contribution >= 4 is 44.1 Å². The molecule has 0 fully saturated rings. The molecule has 1 unspecified atom stereocenters. The number of hydrogen-bond donors (Lipinski definition) is 0. The highest BCUT2D eigenvalue weighted by atomic mass is 79.9. The van der Waals surface area contributed by atoms with E-state index in [-0.39, 0.29) is 18.0 Å². The van der Waals surface area contributed by atoms with Crippen molar-refractivity contribution in [1.82, 2.24) is 14.5 Å². The molecule has 8 heteroatoms. The lowest BCUT2D eigenvalue weighted by molar-refractivity contribution is 0.0629. The molecule has 5 rings (SSSR count). The van der Waals surface area contributed by atoms with Crippen molar-refractivity contribution in [3.63, 3.8) is 0 Å². The molecule has 35 heavy (non-hydrogen) atoms. The molecule has 0 aliphatic carbocycles. The van der Waals surface area contributed by atoms with E-state index in [1.807, 2.05) is 73.0 Å². The fraction of sp³-hybridized carbons (Fsp3) is 0.148. The Hall–Kier alpha value is -3.49. The minimum Gasteiger partial charge on any atom is -0.467 e. The van der Waals surface area contributed by atoms with Gasteiger partial charge in [-0.1, -0.05) is 41.1 Å². The van der Waals surface area contributed by atoms with Crippen LogP contribution in [-0.2, 0) is 6.54 Å². The largest absolute Gasteiger partial charge is 0.467 e. The van der Waals surface area contributed by atoms with E-state index in [0.717, 1.165) is 4.47 Å². The van der Waals surface area contributed by atoms with Gasteiger partial charge in [-0.05, 0) is 66.4 Å². The Morgan fingerprint density at radius 1 is 1.09 bits per heavy atom. The Morgan fingerprint density at radius 2 is 1.89 bits per heavy atom. The molecule has 2 aromatic carbocycles. The summed E-state index contributed by atoms with van der Waals surface area (Å²) in [6.07, 6.45) is 2.15. The van der Waals surface area contributed by atoms with E-state index < -0.39 is 6.04 Å². The summed E-state index contributed by atoms with van der Waals surface area (Å²) < 4.78 is 8.13. The third kappa shape index (κ3) is 4.59. The molecular weight excluding hydrogens is 526 g/mol. The van der Waals surface area contributed by atoms with E-state index in [1.54, 1.807) is 27.9 Å². The second-order valence-corrected chi connectivity index (χ2v) is 9.88. The van der Waals surface area contributed by atoms with Crippen LogP contribution in [0.3, 0.4) is 0 Å². The van der Waals surface area contributed by atoms with Crippen LogP contribution in [0.4, 0.5) is 0 Å². The van der Waals surface area contributed by atoms with Crippen molar-refractivity contribution in [2.24, 2.45) is 0 Å². The molecule has 176 valence electrons. The molecule has 0 spiro atoms. The predicted octanol–water partition coefficient (Wildman–Crippen LogP) is 6.60. The number of furan rings is 1. The number of fused-ring (bicyclic) bond motifs is 1. The van der Waals surface area contributed by atoms with Crippen molar-refractivity contribution in [1.29, 1.82) is 0 Å². The van der Waals surface area contributed by atoms with Gasteiger partial charge in [0.15, 0.2) is 0 Å². The van der Waals surface area contributed by atoms with E-state index in [0.29, 0.717) is 39.5 Å². The molecule has 6 nitrogen and oxygen atoms in total. The third-order valence-electron chi connectivity index (χ3n) is 5.85. The third-order valence-corrected chi connectivity index (χ3v) is 7.23. The topological polar surface area (TPSA) is 68.3 Å². The van der Waals surface area contributed by atoms with Gasteiger partial charge in [-0.3, -0.25) is 14.2 Å². The van der Waals surface area contributed by atoms with Crippen LogP contribution >= 0.6 is 27.3 Å². The molecule has 0 N–H and O–H groups in total. The van der Waals surface area contributed by atoms with E-state index in [9.17, 15) is 9.59 Å². The Labute approximate surface area is 214 Å². The van der Waals surface area contributed by atoms with Gasteiger partial charge in [-0.15, -0.1) is 11.3 Å². The summed E-state index contributed by atoms with van der Waals surface area (Å²) in [5.74, 6) is 1.04. The molecular formula is C27H22BrN3O3S. The van der Waals surface area contributed by atoms with Gasteiger partial charge in [0.1, 0.15) is 11.6 Å². The zero-order chi connectivity index (χ0) is 24.4. The molecule has 0 aliphatic heterocycles. The molecule has 3 aromatic heterocycles. The second-order valence-electron chi connectivity index (χ2n) is 8.02. The van der Waals surface area contributed by atoms with Crippen molar-refractivity contribution in [3.8, 4) is 5.69 Å². The van der Waals surface area contributed by atoms with E-state index in [4.69, 9.17) is 9.40 Å². The molecule has 0 saturated carbocycles. The second kappa shape index (κ2) is 10.0. The van der Waals surface area contributed by atoms with Crippen LogP contribution in [0.1, 0.15) is 40.6 Å². The predicted molar refractivity (Wildman–Crippen MR) is 141 cm³/mol. The van der Waals surface area contributed by atoms with Crippen molar-refractivity contribution in [2.45, 2.75) is 25.9 Å². The first-order valence-corrected chi connectivity index (χ1v) is 12.9. The first kappa shape index (κ1) is 23.3. The maximum Gasteiger partial charge on any atom is 0.266 e. The lowest BCUT2D eigenvalue weighted by Gasteiger charge is -2.31. The van der Waals surface area contributed by atoms with Gasteiger partial charge in [0.25, 0.3) is 11.5 Å². The summed E-state index contributed by atoms with van der Waals surface area (Å²) in [6.45, 7) is 2.25. The van der Waals surface area contributed by atoms with Crippen LogP contribution in [0.2, 0.25) is 0 Å². The Balaban J connectivity index is 1.73. The van der Waals surface area contributed by atoms with Crippen LogP contribution in [0.5, 0.6) is 0 Å². The van der Waals surface area contributed by atoms with Gasteiger partial charge in [-0.2, -0.15) is 0 Å². The molecule has 0 aliphatic rings. The number of benzene rings is 2. The summed E-state index contributed by atoms with van der Waals surface area (Å²) in [5, 5.41) is 2.40. The number of carbonyl (C=O) groups excluding carboxylic acids is 1. The summed E-state index contributed by atoms with van der Waals surface area (Å²) in [5.41, 5.74) is 1.11. The zero-order valence-corrected chi connectivity index (χ0v) is 21.3. The number of rotatable bonds is 7. The lowest BCUT2D eigenvalue weighted by atomic mass is 10.1. The van der Waals surface area contributed by atoms with Crippen molar-refractivity contribution < 1.29 is 9.21 Å². The average molecular weight is 548 g/mol. The number of amides is 1. The lowest BCUT2D eigenvalue weighted by Crippen LogP contribution is -2.38. The maximum atomic E-state index is 13.8. The number of hydrogen-bond acceptors (Lipinski definition) is 5. The minimum absolute atomic E-state index is 0.131. The first-order valence-electron chi connectivity index (χ1n) is 11.2. The number of thiophene rings is 1. The Morgan fingerprint density at radius 3 is 2.57 bits per heavy atom. The van der Waals surface area contributed by atoms with Crippen molar-refractivity contribution in [2.75, 3.05) is 0 Å². The first-order chi connectivity index (χ1) is 17.1. The highest BCUT2D eigenvalue weighted by Gasteiger charge is 2.31. The Kier molecular flexibility index (Phi) is 6.66. The SMILES string of the molecule is CCC(c1nc2ccccc2c(=O)n1-c1ccc(Br)cc1)N(Cc1ccco1)C(=O)c1cccs1. The van der Waals surface area contributed by atoms with Gasteiger partial charge in [-0.25, -0.2) is 4.98 Å². The van der Waals surface area contributed by atoms with Crippen LogP contribution in [0, 0.1) is 0 Å². The number of carbonyl (C=O) groups is 1. The number of para-hydroxylation sites is 1. The normalized spacial score (nSPS) is 12.1. The van der Waals surface area contributed by atoms with Gasteiger partial charge < -0.3 is 9.32 Å². The average Bonchev–Trinajstić information content (AvgIpc) is 3.59. The van der Waals surface area contributed by atoms with E-state index in [2.05, 4.69) is 15.9 Å². The number of halogens is 1. The monoisotopic (exact) mass is 547 g/mol. The quantitative estimate of drug-likeness (QED) is 0.230. The highest BCUT2D eigenvalue weighted by Crippen LogP contribution is 2.30. The fourth-order valence-electron chi connectivity index (χ4n) is 4.19. The smallest absolute Gasteiger partial charge is 0.266 e. The maximum absolute atomic E-state index is 13.8. The molecule has 5 aromatic rings. The molecule has 0 saturated heterocycles. The van der Waals surface area contributed by atoms with Crippen molar-refractivity contribution in [3.05, 3.63) is 116 Å². The molecule has 1 atom stereocenters. The number of aromatic nitrogens is 2. The van der Waals surface area contributed by atoms with Crippen LogP contribution in [-0.4, -0.2) is 20.4 Å². The van der Waals surface area contributed by atoms with E-state index in [1.165, 1.54) is 11.3 Å². The van der Waals surface area contributed by atoms with Crippen LogP contribution in [0.25, 0.3) is 16.6 Å². The molecule has 1 amide bonds. The Bertz CT molecular complexity index is 1510. The highest BCUT2D eigenvalue weighted by molar-refractivity contribution is 9.10. The summed E-state index contributed by atoms with van der Waals surface area (Å²) in [7, 11) is 0. The van der Waals surface area contributed by atoms with Gasteiger partial charge >= 0.3 is 0 Å². The molecule has 0 bridgehead atoms. The standard InChI is InChI=1S/C27H22BrN3O3S/c1-2-23(30(17-20-7-5-15-34-20)27(33)24-10-6-16-35-24)25-29-22-9-4-3-8-21(22)26(32)31(25)19-13-11-18(28)12-14-19/h3-16,23H,2,17H2,1H3. The number of nitrogens with zero attached hydrogens (tertiary/aromatic N) is 3. The fourth-order valence-corrected chi connectivity index (χ4v) is 5.13. The molecule has 3 heterocycles. The van der Waals surface area contributed by atoms with Gasteiger partial charge in [0.2, 0.25) is 0 Å². The van der Waals surface area contributed by atoms with Crippen LogP contribution < -0.4 is 5.56 Å². The summed E-state index contributed by atoms with van der Waals surface area (Å²) in [6, 6.07) is 21.7. The summed E-state index contributed by atoms with van der Waals surface area (Å²) >= 11 is 4.86. The summed E-state index contributed by atoms with van der Waals surface area (Å²) in [4.78, 5) is 34.8. The minimum atomic E-state index is -0.476. The van der Waals surface area contributed by atoms with Crippen LogP contribution in [0.15, 0.2) is 98.1 Å². The van der Waals surface area contributed by atoms with Gasteiger partial charge in [0.05, 0.1) is 40.3 Å². The van der Waals surface area contributed by atoms with E-state index >= 15 is 0 Å². The molecule has 0 radical (unpaired) electrons. The zero-order valence-electron chi connectivity index (χ0n) is 18.9.